The lowest BCUT2D eigenvalue weighted by molar-refractivity contribution is 0.0945. The highest BCUT2D eigenvalue weighted by molar-refractivity contribution is 7.17. The summed E-state index contributed by atoms with van der Waals surface area (Å²) in [6.07, 6.45) is 3.22. The zero-order valence-corrected chi connectivity index (χ0v) is 18.9. The van der Waals surface area contributed by atoms with Gasteiger partial charge in [-0.15, -0.1) is 11.3 Å². The van der Waals surface area contributed by atoms with Gasteiger partial charge in [-0.2, -0.15) is 0 Å². The number of aliphatic hydroxyl groups excluding tert-OH is 1. The summed E-state index contributed by atoms with van der Waals surface area (Å²) < 4.78 is 6.75. The number of benzene rings is 2. The number of amides is 2. The SMILES string of the molecule is O=C(Nc1cccc(OCc2csc3c(C(=O)NCCO)cncc23)c1)c1ccccc1Cl. The third-order valence-electron chi connectivity index (χ3n) is 4.81. The van der Waals surface area contributed by atoms with Crippen molar-refractivity contribution in [1.82, 2.24) is 10.3 Å². The van der Waals surface area contributed by atoms with Gasteiger partial charge in [-0.1, -0.05) is 29.8 Å². The van der Waals surface area contributed by atoms with Crippen molar-refractivity contribution in [3.05, 3.63) is 88.0 Å². The van der Waals surface area contributed by atoms with Crippen LogP contribution < -0.4 is 15.4 Å². The molecule has 0 saturated heterocycles. The van der Waals surface area contributed by atoms with Gasteiger partial charge in [0.1, 0.15) is 12.4 Å². The molecule has 0 aliphatic heterocycles. The topological polar surface area (TPSA) is 101 Å². The van der Waals surface area contributed by atoms with E-state index in [-0.39, 0.29) is 31.6 Å². The third kappa shape index (κ3) is 5.31. The number of thiophene rings is 1. The van der Waals surface area contributed by atoms with E-state index in [1.54, 1.807) is 54.7 Å². The van der Waals surface area contributed by atoms with Crippen molar-refractivity contribution in [3.63, 3.8) is 0 Å². The second-order valence-electron chi connectivity index (χ2n) is 7.05. The van der Waals surface area contributed by atoms with Gasteiger partial charge in [0.2, 0.25) is 0 Å². The molecule has 0 radical (unpaired) electrons. The Bertz CT molecular complexity index is 1310. The van der Waals surface area contributed by atoms with Crippen LogP contribution in [0.2, 0.25) is 5.02 Å². The molecule has 7 nitrogen and oxygen atoms in total. The number of ether oxygens (including phenoxy) is 1. The fraction of sp³-hybridized carbons (Fsp3) is 0.125. The minimum atomic E-state index is -0.306. The number of aromatic nitrogens is 1. The molecule has 9 heteroatoms. The number of fused-ring (bicyclic) bond motifs is 1. The fourth-order valence-corrected chi connectivity index (χ4v) is 4.46. The first-order valence-corrected chi connectivity index (χ1v) is 11.3. The first kappa shape index (κ1) is 22.7. The Morgan fingerprint density at radius 3 is 2.73 bits per heavy atom. The van der Waals surface area contributed by atoms with Gasteiger partial charge in [-0.25, -0.2) is 0 Å². The number of hydrogen-bond donors (Lipinski definition) is 3. The Balaban J connectivity index is 1.46. The Labute approximate surface area is 199 Å². The molecule has 4 aromatic rings. The van der Waals surface area contributed by atoms with Crippen LogP contribution in [0, 0.1) is 0 Å². The first-order chi connectivity index (χ1) is 16.1. The van der Waals surface area contributed by atoms with Crippen molar-refractivity contribution < 1.29 is 19.4 Å². The lowest BCUT2D eigenvalue weighted by Gasteiger charge is -2.10. The van der Waals surface area contributed by atoms with Gasteiger partial charge in [-0.3, -0.25) is 14.6 Å². The van der Waals surface area contributed by atoms with Crippen molar-refractivity contribution >= 4 is 50.5 Å². The van der Waals surface area contributed by atoms with Crippen molar-refractivity contribution in [3.8, 4) is 5.75 Å². The molecule has 0 fully saturated rings. The van der Waals surface area contributed by atoms with Gasteiger partial charge in [-0.05, 0) is 29.6 Å². The number of anilines is 1. The molecular weight excluding hydrogens is 462 g/mol. The van der Waals surface area contributed by atoms with Crippen LogP contribution in [0.3, 0.4) is 0 Å². The second-order valence-corrected chi connectivity index (χ2v) is 8.34. The van der Waals surface area contributed by atoms with Crippen molar-refractivity contribution in [1.29, 1.82) is 0 Å². The van der Waals surface area contributed by atoms with E-state index in [2.05, 4.69) is 15.6 Å². The van der Waals surface area contributed by atoms with Crippen LogP contribution in [0.4, 0.5) is 5.69 Å². The highest BCUT2D eigenvalue weighted by Gasteiger charge is 2.15. The van der Waals surface area contributed by atoms with Crippen molar-refractivity contribution in [2.45, 2.75) is 6.61 Å². The first-order valence-electron chi connectivity index (χ1n) is 10.1. The maximum absolute atomic E-state index is 12.5. The average Bonchev–Trinajstić information content (AvgIpc) is 3.25. The van der Waals surface area contributed by atoms with E-state index in [4.69, 9.17) is 21.4 Å². The number of pyridine rings is 1. The number of carbonyl (C=O) groups excluding carboxylic acids is 2. The van der Waals surface area contributed by atoms with Crippen LogP contribution in [0.15, 0.2) is 66.3 Å². The van der Waals surface area contributed by atoms with E-state index in [0.717, 1.165) is 15.6 Å². The van der Waals surface area contributed by atoms with E-state index in [0.29, 0.717) is 27.6 Å². The summed E-state index contributed by atoms with van der Waals surface area (Å²) in [5, 5.41) is 17.5. The Kier molecular flexibility index (Phi) is 7.19. The summed E-state index contributed by atoms with van der Waals surface area (Å²) in [5.41, 5.74) is 2.32. The molecule has 2 heterocycles. The summed E-state index contributed by atoms with van der Waals surface area (Å²) >= 11 is 7.54. The predicted molar refractivity (Wildman–Crippen MR) is 129 cm³/mol. The van der Waals surface area contributed by atoms with Crippen LogP contribution in [0.1, 0.15) is 26.3 Å². The average molecular weight is 482 g/mol. The Morgan fingerprint density at radius 2 is 1.91 bits per heavy atom. The number of nitrogens with zero attached hydrogens (tertiary/aromatic N) is 1. The molecule has 2 aromatic carbocycles. The van der Waals surface area contributed by atoms with Gasteiger partial charge in [0, 0.05) is 41.6 Å². The summed E-state index contributed by atoms with van der Waals surface area (Å²) in [5.74, 6) is -0.00537. The van der Waals surface area contributed by atoms with Gasteiger partial charge >= 0.3 is 0 Å². The minimum absolute atomic E-state index is 0.128. The molecule has 0 unspecified atom stereocenters. The largest absolute Gasteiger partial charge is 0.489 e. The molecule has 0 aliphatic carbocycles. The van der Waals surface area contributed by atoms with E-state index < -0.39 is 0 Å². The molecule has 0 bridgehead atoms. The van der Waals surface area contributed by atoms with E-state index in [1.165, 1.54) is 17.5 Å². The molecular formula is C24H20ClN3O4S. The third-order valence-corrected chi connectivity index (χ3v) is 6.22. The Morgan fingerprint density at radius 1 is 1.06 bits per heavy atom. The summed E-state index contributed by atoms with van der Waals surface area (Å²) in [7, 11) is 0. The minimum Gasteiger partial charge on any atom is -0.489 e. The molecule has 0 saturated carbocycles. The lowest BCUT2D eigenvalue weighted by atomic mass is 10.1. The molecule has 33 heavy (non-hydrogen) atoms. The summed E-state index contributed by atoms with van der Waals surface area (Å²) in [6.45, 7) is 0.321. The van der Waals surface area contributed by atoms with Crippen LogP contribution in [0.5, 0.6) is 5.75 Å². The van der Waals surface area contributed by atoms with Crippen LogP contribution in [-0.2, 0) is 6.61 Å². The van der Waals surface area contributed by atoms with E-state index in [9.17, 15) is 9.59 Å². The van der Waals surface area contributed by atoms with E-state index >= 15 is 0 Å². The van der Waals surface area contributed by atoms with Gasteiger partial charge in [0.25, 0.3) is 11.8 Å². The normalized spacial score (nSPS) is 10.7. The summed E-state index contributed by atoms with van der Waals surface area (Å²) in [6, 6.07) is 13.9. The Hall–Kier alpha value is -3.46. The number of halogens is 1. The number of hydrogen-bond acceptors (Lipinski definition) is 6. The molecule has 0 spiro atoms. The maximum Gasteiger partial charge on any atom is 0.257 e. The molecule has 0 aliphatic rings. The van der Waals surface area contributed by atoms with Crippen LogP contribution >= 0.6 is 22.9 Å². The zero-order chi connectivity index (χ0) is 23.2. The standard InChI is InChI=1S/C24H20ClN3O4S/c25-21-7-2-1-6-18(21)24(31)28-16-4-3-5-17(10-16)32-13-15-14-33-22-19(15)11-26-12-20(22)23(30)27-8-9-29/h1-7,10-12,14,29H,8-9,13H2,(H,27,30)(H,28,31). The quantitative estimate of drug-likeness (QED) is 0.344. The summed E-state index contributed by atoms with van der Waals surface area (Å²) in [4.78, 5) is 29.0. The predicted octanol–water partition coefficient (Wildman–Crippen LogP) is 4.50. The monoisotopic (exact) mass is 481 g/mol. The van der Waals surface area contributed by atoms with Gasteiger partial charge in [0.05, 0.1) is 27.5 Å². The molecule has 2 amide bonds. The highest BCUT2D eigenvalue weighted by Crippen LogP contribution is 2.30. The fourth-order valence-electron chi connectivity index (χ4n) is 3.20. The maximum atomic E-state index is 12.5. The lowest BCUT2D eigenvalue weighted by Crippen LogP contribution is -2.26. The zero-order valence-electron chi connectivity index (χ0n) is 17.4. The van der Waals surface area contributed by atoms with Crippen LogP contribution in [0.25, 0.3) is 10.1 Å². The molecule has 4 rings (SSSR count). The molecule has 2 aromatic heterocycles. The smallest absolute Gasteiger partial charge is 0.257 e. The molecule has 0 atom stereocenters. The molecule has 168 valence electrons. The number of carbonyl (C=O) groups is 2. The van der Waals surface area contributed by atoms with Crippen molar-refractivity contribution in [2.24, 2.45) is 0 Å². The van der Waals surface area contributed by atoms with Crippen molar-refractivity contribution in [2.75, 3.05) is 18.5 Å². The highest BCUT2D eigenvalue weighted by atomic mass is 35.5. The van der Waals surface area contributed by atoms with E-state index in [1.807, 2.05) is 5.38 Å². The second kappa shape index (κ2) is 10.4. The number of aliphatic hydroxyl groups is 1. The van der Waals surface area contributed by atoms with Gasteiger partial charge < -0.3 is 20.5 Å². The molecule has 3 N–H and O–H groups in total. The number of rotatable bonds is 8. The number of nitrogens with one attached hydrogen (secondary N) is 2. The van der Waals surface area contributed by atoms with Gasteiger partial charge in [0.15, 0.2) is 0 Å². The van der Waals surface area contributed by atoms with Crippen LogP contribution in [-0.4, -0.2) is 35.1 Å².